The summed E-state index contributed by atoms with van der Waals surface area (Å²) in [5.74, 6) is 6.30. The first kappa shape index (κ1) is 14.5. The maximum Gasteiger partial charge on any atom is 0.0640 e. The summed E-state index contributed by atoms with van der Waals surface area (Å²) in [6, 6.07) is 2.84. The minimum Gasteiger partial charge on any atom is -0.381 e. The lowest BCUT2D eigenvalue weighted by atomic mass is 9.97. The normalized spacial score (nSPS) is 22.6. The number of nitrogens with two attached hydrogens (primary N) is 1. The standard InChI is InChI=1S/C14H26N4O/c1-3-11(2)18-6-4-13(17-18)9-14(16-15)8-12-5-7-19-10-12/h4,6,11-12,14,16H,3,5,7-10,15H2,1-2H3. The zero-order valence-corrected chi connectivity index (χ0v) is 12.0. The van der Waals surface area contributed by atoms with Gasteiger partial charge in [-0.15, -0.1) is 0 Å². The molecule has 1 aromatic rings. The third-order valence-electron chi connectivity index (χ3n) is 4.04. The molecule has 1 aliphatic rings. The third-order valence-corrected chi connectivity index (χ3v) is 4.04. The highest BCUT2D eigenvalue weighted by atomic mass is 16.5. The summed E-state index contributed by atoms with van der Waals surface area (Å²) < 4.78 is 7.46. The van der Waals surface area contributed by atoms with E-state index < -0.39 is 0 Å². The number of hydrazine groups is 1. The summed E-state index contributed by atoms with van der Waals surface area (Å²) in [5, 5.41) is 4.63. The molecule has 1 fully saturated rings. The molecule has 0 bridgehead atoms. The first-order valence-electron chi connectivity index (χ1n) is 7.30. The third kappa shape index (κ3) is 4.03. The molecule has 5 heteroatoms. The predicted molar refractivity (Wildman–Crippen MR) is 75.6 cm³/mol. The van der Waals surface area contributed by atoms with Crippen LogP contribution in [-0.4, -0.2) is 29.0 Å². The van der Waals surface area contributed by atoms with Crippen molar-refractivity contribution in [3.8, 4) is 0 Å². The molecular formula is C14H26N4O. The maximum absolute atomic E-state index is 5.67. The Bertz CT molecular complexity index is 373. The number of ether oxygens (including phenoxy) is 1. The molecule has 0 saturated carbocycles. The van der Waals surface area contributed by atoms with Crippen LogP contribution in [0.3, 0.4) is 0 Å². The highest BCUT2D eigenvalue weighted by Crippen LogP contribution is 2.19. The smallest absolute Gasteiger partial charge is 0.0640 e. The first-order chi connectivity index (χ1) is 9.22. The van der Waals surface area contributed by atoms with Crippen molar-refractivity contribution in [3.63, 3.8) is 0 Å². The van der Waals surface area contributed by atoms with E-state index in [2.05, 4.69) is 36.6 Å². The summed E-state index contributed by atoms with van der Waals surface area (Å²) >= 11 is 0. The van der Waals surface area contributed by atoms with Crippen LogP contribution < -0.4 is 11.3 Å². The average Bonchev–Trinajstić information content (AvgIpc) is 3.08. The van der Waals surface area contributed by atoms with Crippen molar-refractivity contribution in [2.24, 2.45) is 11.8 Å². The fraction of sp³-hybridized carbons (Fsp3) is 0.786. The first-order valence-corrected chi connectivity index (χ1v) is 7.30. The number of aromatic nitrogens is 2. The summed E-state index contributed by atoms with van der Waals surface area (Å²) in [5.41, 5.74) is 4.04. The second-order valence-corrected chi connectivity index (χ2v) is 5.58. The molecule has 1 saturated heterocycles. The van der Waals surface area contributed by atoms with Crippen molar-refractivity contribution in [3.05, 3.63) is 18.0 Å². The van der Waals surface area contributed by atoms with Crippen molar-refractivity contribution in [2.45, 2.75) is 51.6 Å². The van der Waals surface area contributed by atoms with E-state index >= 15 is 0 Å². The van der Waals surface area contributed by atoms with Gasteiger partial charge in [0.05, 0.1) is 5.69 Å². The fourth-order valence-electron chi connectivity index (χ4n) is 2.55. The van der Waals surface area contributed by atoms with Crippen LogP contribution in [-0.2, 0) is 11.2 Å². The SMILES string of the molecule is CCC(C)n1ccc(CC(CC2CCOC2)NN)n1. The molecule has 1 aliphatic heterocycles. The molecule has 0 aliphatic carbocycles. The summed E-state index contributed by atoms with van der Waals surface area (Å²) in [6.07, 6.45) is 6.26. The predicted octanol–water partition coefficient (Wildman–Crippen LogP) is 1.66. The molecule has 19 heavy (non-hydrogen) atoms. The van der Waals surface area contributed by atoms with Crippen LogP contribution in [0.2, 0.25) is 0 Å². The highest BCUT2D eigenvalue weighted by Gasteiger charge is 2.21. The van der Waals surface area contributed by atoms with Gasteiger partial charge in [0.15, 0.2) is 0 Å². The Morgan fingerprint density at radius 3 is 3.11 bits per heavy atom. The molecule has 5 nitrogen and oxygen atoms in total. The van der Waals surface area contributed by atoms with Gasteiger partial charge in [-0.3, -0.25) is 16.0 Å². The molecule has 0 aromatic carbocycles. The van der Waals surface area contributed by atoms with E-state index in [4.69, 9.17) is 10.6 Å². The molecular weight excluding hydrogens is 240 g/mol. The topological polar surface area (TPSA) is 65.1 Å². The molecule has 0 amide bonds. The molecule has 0 radical (unpaired) electrons. The monoisotopic (exact) mass is 266 g/mol. The largest absolute Gasteiger partial charge is 0.381 e. The Morgan fingerprint density at radius 1 is 1.63 bits per heavy atom. The van der Waals surface area contributed by atoms with Crippen molar-refractivity contribution >= 4 is 0 Å². The highest BCUT2D eigenvalue weighted by molar-refractivity contribution is 5.02. The zero-order chi connectivity index (χ0) is 13.7. The van der Waals surface area contributed by atoms with Crippen LogP contribution in [0, 0.1) is 5.92 Å². The molecule has 0 spiro atoms. The number of nitrogens with one attached hydrogen (secondary N) is 1. The van der Waals surface area contributed by atoms with E-state index in [1.807, 2.05) is 4.68 Å². The van der Waals surface area contributed by atoms with Crippen LogP contribution in [0.1, 0.15) is 44.8 Å². The van der Waals surface area contributed by atoms with Crippen LogP contribution in [0.25, 0.3) is 0 Å². The van der Waals surface area contributed by atoms with Gasteiger partial charge in [0.25, 0.3) is 0 Å². The van der Waals surface area contributed by atoms with Crippen LogP contribution in [0.5, 0.6) is 0 Å². The van der Waals surface area contributed by atoms with E-state index in [0.29, 0.717) is 12.0 Å². The summed E-state index contributed by atoms with van der Waals surface area (Å²) in [6.45, 7) is 6.13. The quantitative estimate of drug-likeness (QED) is 0.582. The lowest BCUT2D eigenvalue weighted by Crippen LogP contribution is -2.38. The molecule has 2 rings (SSSR count). The van der Waals surface area contributed by atoms with Gasteiger partial charge in [-0.2, -0.15) is 5.10 Å². The van der Waals surface area contributed by atoms with Gasteiger partial charge in [-0.1, -0.05) is 6.92 Å². The second kappa shape index (κ2) is 7.03. The molecule has 3 N–H and O–H groups in total. The van der Waals surface area contributed by atoms with E-state index in [9.17, 15) is 0 Å². The fourth-order valence-corrected chi connectivity index (χ4v) is 2.55. The van der Waals surface area contributed by atoms with Gasteiger partial charge in [-0.25, -0.2) is 0 Å². The van der Waals surface area contributed by atoms with Crippen molar-refractivity contribution in [2.75, 3.05) is 13.2 Å². The summed E-state index contributed by atoms with van der Waals surface area (Å²) in [4.78, 5) is 0. The molecule has 3 atom stereocenters. The molecule has 2 heterocycles. The number of nitrogens with zero attached hydrogens (tertiary/aromatic N) is 2. The van der Waals surface area contributed by atoms with E-state index in [0.717, 1.165) is 44.6 Å². The van der Waals surface area contributed by atoms with Crippen LogP contribution >= 0.6 is 0 Å². The Kier molecular flexibility index (Phi) is 5.36. The van der Waals surface area contributed by atoms with Crippen molar-refractivity contribution in [1.29, 1.82) is 0 Å². The molecule has 1 aromatic heterocycles. The minimum absolute atomic E-state index is 0.284. The average molecular weight is 266 g/mol. The van der Waals surface area contributed by atoms with E-state index in [1.54, 1.807) is 0 Å². The Morgan fingerprint density at radius 2 is 2.47 bits per heavy atom. The maximum atomic E-state index is 5.67. The van der Waals surface area contributed by atoms with Gasteiger partial charge >= 0.3 is 0 Å². The van der Waals surface area contributed by atoms with E-state index in [-0.39, 0.29) is 6.04 Å². The van der Waals surface area contributed by atoms with Gasteiger partial charge in [0.1, 0.15) is 0 Å². The summed E-state index contributed by atoms with van der Waals surface area (Å²) in [7, 11) is 0. The minimum atomic E-state index is 0.284. The van der Waals surface area contributed by atoms with Crippen molar-refractivity contribution in [1.82, 2.24) is 15.2 Å². The lowest BCUT2D eigenvalue weighted by molar-refractivity contribution is 0.181. The van der Waals surface area contributed by atoms with Gasteiger partial charge in [0, 0.05) is 37.9 Å². The number of hydrogen-bond acceptors (Lipinski definition) is 4. The Labute approximate surface area is 115 Å². The van der Waals surface area contributed by atoms with Crippen LogP contribution in [0.4, 0.5) is 0 Å². The number of hydrogen-bond donors (Lipinski definition) is 2. The molecule has 108 valence electrons. The Balaban J connectivity index is 1.88. The Hall–Kier alpha value is -0.910. The molecule has 3 unspecified atom stereocenters. The number of rotatable bonds is 7. The second-order valence-electron chi connectivity index (χ2n) is 5.58. The van der Waals surface area contributed by atoms with Gasteiger partial charge in [0.2, 0.25) is 0 Å². The van der Waals surface area contributed by atoms with Crippen molar-refractivity contribution < 1.29 is 4.74 Å². The lowest BCUT2D eigenvalue weighted by Gasteiger charge is -2.18. The van der Waals surface area contributed by atoms with Gasteiger partial charge in [-0.05, 0) is 38.2 Å². The zero-order valence-electron chi connectivity index (χ0n) is 12.0. The van der Waals surface area contributed by atoms with E-state index in [1.165, 1.54) is 0 Å². The van der Waals surface area contributed by atoms with Gasteiger partial charge < -0.3 is 4.74 Å². The van der Waals surface area contributed by atoms with Crippen LogP contribution in [0.15, 0.2) is 12.3 Å².